The van der Waals surface area contributed by atoms with Crippen molar-refractivity contribution >= 4 is 17.9 Å². The number of hydrogen-bond donors (Lipinski definition) is 1. The van der Waals surface area contributed by atoms with Crippen molar-refractivity contribution in [2.75, 3.05) is 0 Å². The number of hydrogen-bond acceptors (Lipinski definition) is 7. The van der Waals surface area contributed by atoms with Crippen molar-refractivity contribution in [1.82, 2.24) is 0 Å². The third-order valence-electron chi connectivity index (χ3n) is 3.74. The molecule has 0 spiro atoms. The van der Waals surface area contributed by atoms with Gasteiger partial charge >= 0.3 is 17.9 Å². The van der Waals surface area contributed by atoms with Crippen LogP contribution >= 0.6 is 0 Å². The first kappa shape index (κ1) is 24.6. The van der Waals surface area contributed by atoms with Crippen LogP contribution in [-0.2, 0) is 28.6 Å². The monoisotopic (exact) mass is 382 g/mol. The van der Waals surface area contributed by atoms with Crippen LogP contribution in [0.4, 0.5) is 0 Å². The van der Waals surface area contributed by atoms with E-state index >= 15 is 0 Å². The Kier molecular flexibility index (Phi) is 11.0. The van der Waals surface area contributed by atoms with Gasteiger partial charge < -0.3 is 19.3 Å². The molecule has 0 aromatic rings. The Morgan fingerprint density at radius 1 is 1.15 bits per heavy atom. The van der Waals surface area contributed by atoms with Crippen LogP contribution in [0, 0.1) is 5.92 Å². The van der Waals surface area contributed by atoms with E-state index in [1.165, 1.54) is 6.92 Å². The molecule has 7 nitrogen and oxygen atoms in total. The zero-order valence-corrected chi connectivity index (χ0v) is 16.6. The summed E-state index contributed by atoms with van der Waals surface area (Å²) >= 11 is 0. The highest BCUT2D eigenvalue weighted by Gasteiger charge is 2.33. The standard InChI is InChI=1S/C20H30O7/c1-7-11-12-15(8-2)13-20(6,24)27-19(23)18(25-14(5)21)16(9-3)26-17(22)10-4/h9-10,15,24H,3-4,7-8,11-13H2,1-2,5-6H3/b18-16-. The smallest absolute Gasteiger partial charge is 0.380 e. The van der Waals surface area contributed by atoms with Gasteiger partial charge in [0.15, 0.2) is 5.76 Å². The summed E-state index contributed by atoms with van der Waals surface area (Å²) in [5, 5.41) is 10.5. The normalized spacial score (nSPS) is 14.9. The van der Waals surface area contributed by atoms with E-state index in [1.807, 2.05) is 6.92 Å². The van der Waals surface area contributed by atoms with Crippen LogP contribution in [0.1, 0.15) is 59.8 Å². The maximum absolute atomic E-state index is 12.5. The fraction of sp³-hybridized carbons (Fsp3) is 0.550. The second-order valence-electron chi connectivity index (χ2n) is 6.30. The Balaban J connectivity index is 5.48. The number of ether oxygens (including phenoxy) is 3. The lowest BCUT2D eigenvalue weighted by atomic mass is 9.92. The van der Waals surface area contributed by atoms with Gasteiger partial charge in [-0.2, -0.15) is 0 Å². The minimum atomic E-state index is -1.79. The molecule has 0 saturated heterocycles. The fourth-order valence-corrected chi connectivity index (χ4v) is 2.43. The second kappa shape index (κ2) is 12.1. The molecule has 0 bridgehead atoms. The Bertz CT molecular complexity index is 587. The van der Waals surface area contributed by atoms with E-state index in [9.17, 15) is 19.5 Å². The lowest BCUT2D eigenvalue weighted by Crippen LogP contribution is -2.35. The maximum atomic E-state index is 12.5. The average Bonchev–Trinajstić information content (AvgIpc) is 2.60. The van der Waals surface area contributed by atoms with Crippen LogP contribution in [0.2, 0.25) is 0 Å². The molecule has 7 heteroatoms. The van der Waals surface area contributed by atoms with Crippen molar-refractivity contribution in [1.29, 1.82) is 0 Å². The molecule has 0 saturated carbocycles. The van der Waals surface area contributed by atoms with Gasteiger partial charge in [0.2, 0.25) is 5.79 Å². The molecule has 27 heavy (non-hydrogen) atoms. The SMILES string of the molecule is C=CC(=O)O/C(C=C)=C(\OC(C)=O)C(=O)OC(C)(O)CC(CC)CCCC. The van der Waals surface area contributed by atoms with Crippen LogP contribution < -0.4 is 0 Å². The molecular weight excluding hydrogens is 352 g/mol. The van der Waals surface area contributed by atoms with Gasteiger partial charge in [-0.15, -0.1) is 0 Å². The van der Waals surface area contributed by atoms with Crippen molar-refractivity contribution in [3.05, 3.63) is 36.8 Å². The van der Waals surface area contributed by atoms with Crippen molar-refractivity contribution in [3.8, 4) is 0 Å². The summed E-state index contributed by atoms with van der Waals surface area (Å²) in [6, 6.07) is 0. The number of carbonyl (C=O) groups excluding carboxylic acids is 3. The number of allylic oxidation sites excluding steroid dienone is 1. The highest BCUT2D eigenvalue weighted by Crippen LogP contribution is 2.26. The first-order valence-electron chi connectivity index (χ1n) is 8.95. The summed E-state index contributed by atoms with van der Waals surface area (Å²) < 4.78 is 14.8. The first-order chi connectivity index (χ1) is 12.6. The molecule has 1 N–H and O–H groups in total. The molecule has 2 atom stereocenters. The van der Waals surface area contributed by atoms with E-state index in [1.54, 1.807) is 0 Å². The van der Waals surface area contributed by atoms with Crippen molar-refractivity contribution in [2.24, 2.45) is 5.92 Å². The van der Waals surface area contributed by atoms with Gasteiger partial charge in [0.05, 0.1) is 0 Å². The number of carbonyl (C=O) groups is 3. The molecule has 0 aliphatic carbocycles. The molecule has 0 aromatic heterocycles. The summed E-state index contributed by atoms with van der Waals surface area (Å²) in [6.45, 7) is 13.2. The topological polar surface area (TPSA) is 99.1 Å². The minimum absolute atomic E-state index is 0.159. The third-order valence-corrected chi connectivity index (χ3v) is 3.74. The van der Waals surface area contributed by atoms with Crippen LogP contribution in [-0.4, -0.2) is 28.8 Å². The van der Waals surface area contributed by atoms with Gasteiger partial charge in [-0.1, -0.05) is 52.7 Å². The van der Waals surface area contributed by atoms with Gasteiger partial charge in [0, 0.05) is 26.3 Å². The van der Waals surface area contributed by atoms with Crippen molar-refractivity contribution in [3.63, 3.8) is 0 Å². The van der Waals surface area contributed by atoms with Crippen LogP contribution in [0.25, 0.3) is 0 Å². The van der Waals surface area contributed by atoms with Crippen molar-refractivity contribution in [2.45, 2.75) is 65.6 Å². The van der Waals surface area contributed by atoms with E-state index in [4.69, 9.17) is 14.2 Å². The molecule has 0 aliphatic rings. The summed E-state index contributed by atoms with van der Waals surface area (Å²) in [7, 11) is 0. The Hall–Kier alpha value is -2.41. The highest BCUT2D eigenvalue weighted by molar-refractivity contribution is 5.91. The predicted octanol–water partition coefficient (Wildman–Crippen LogP) is 3.53. The lowest BCUT2D eigenvalue weighted by Gasteiger charge is -2.28. The third kappa shape index (κ3) is 9.75. The Labute approximate surface area is 160 Å². The van der Waals surface area contributed by atoms with E-state index in [0.717, 1.165) is 44.8 Å². The van der Waals surface area contributed by atoms with E-state index in [2.05, 4.69) is 20.1 Å². The molecule has 0 aromatic carbocycles. The van der Waals surface area contributed by atoms with Gasteiger partial charge in [-0.05, 0) is 12.0 Å². The van der Waals surface area contributed by atoms with Gasteiger partial charge in [0.1, 0.15) is 0 Å². The summed E-state index contributed by atoms with van der Waals surface area (Å²) in [5.41, 5.74) is 0. The molecule has 152 valence electrons. The maximum Gasteiger partial charge on any atom is 0.380 e. The zero-order valence-electron chi connectivity index (χ0n) is 16.6. The molecule has 0 fully saturated rings. The van der Waals surface area contributed by atoms with Crippen molar-refractivity contribution < 1.29 is 33.7 Å². The quantitative estimate of drug-likeness (QED) is 0.138. The summed E-state index contributed by atoms with van der Waals surface area (Å²) in [6.07, 6.45) is 5.84. The number of esters is 3. The lowest BCUT2D eigenvalue weighted by molar-refractivity contribution is -0.208. The molecular formula is C20H30O7. The molecule has 0 radical (unpaired) electrons. The molecule has 2 unspecified atom stereocenters. The molecule has 0 amide bonds. The van der Waals surface area contributed by atoms with Gasteiger partial charge in [0.25, 0.3) is 5.76 Å². The summed E-state index contributed by atoms with van der Waals surface area (Å²) in [5.74, 6) is -5.56. The minimum Gasteiger partial charge on any atom is -0.428 e. The predicted molar refractivity (Wildman–Crippen MR) is 99.9 cm³/mol. The largest absolute Gasteiger partial charge is 0.428 e. The highest BCUT2D eigenvalue weighted by atomic mass is 16.7. The van der Waals surface area contributed by atoms with Gasteiger partial charge in [-0.3, -0.25) is 4.79 Å². The summed E-state index contributed by atoms with van der Waals surface area (Å²) in [4.78, 5) is 35.2. The first-order valence-corrected chi connectivity index (χ1v) is 8.95. The van der Waals surface area contributed by atoms with Gasteiger partial charge in [-0.25, -0.2) is 9.59 Å². The fourth-order valence-electron chi connectivity index (χ4n) is 2.43. The number of aliphatic hydroxyl groups is 1. The average molecular weight is 382 g/mol. The molecule has 0 heterocycles. The second-order valence-corrected chi connectivity index (χ2v) is 6.30. The molecule has 0 rings (SSSR count). The Morgan fingerprint density at radius 3 is 2.22 bits per heavy atom. The van der Waals surface area contributed by atoms with E-state index in [0.29, 0.717) is 0 Å². The Morgan fingerprint density at radius 2 is 1.78 bits per heavy atom. The van der Waals surface area contributed by atoms with Crippen LogP contribution in [0.5, 0.6) is 0 Å². The van der Waals surface area contributed by atoms with E-state index in [-0.39, 0.29) is 12.3 Å². The number of unbranched alkanes of at least 4 members (excludes halogenated alkanes) is 1. The molecule has 0 aliphatic heterocycles. The van der Waals surface area contributed by atoms with Crippen LogP contribution in [0.3, 0.4) is 0 Å². The zero-order chi connectivity index (χ0) is 21.0. The van der Waals surface area contributed by atoms with E-state index < -0.39 is 35.2 Å². The van der Waals surface area contributed by atoms with Crippen LogP contribution in [0.15, 0.2) is 36.8 Å². The number of rotatable bonds is 12.